The predicted molar refractivity (Wildman–Crippen MR) is 113 cm³/mol. The molecule has 1 aliphatic heterocycles. The lowest BCUT2D eigenvalue weighted by Gasteiger charge is -2.41. The molecule has 0 unspecified atom stereocenters. The van der Waals surface area contributed by atoms with Crippen molar-refractivity contribution in [2.45, 2.75) is 13.0 Å². The van der Waals surface area contributed by atoms with Gasteiger partial charge in [0.2, 0.25) is 11.8 Å². The molecule has 156 valence electrons. The van der Waals surface area contributed by atoms with E-state index < -0.39 is 0 Å². The second-order valence-corrected chi connectivity index (χ2v) is 7.33. The number of carbonyl (C=O) groups excluding carboxylic acids is 3. The Balaban J connectivity index is 2.02. The minimum absolute atomic E-state index is 0.0836. The first-order chi connectivity index (χ1) is 14.3. The van der Waals surface area contributed by atoms with Crippen molar-refractivity contribution in [2.24, 2.45) is 0 Å². The number of aromatic nitrogens is 2. The summed E-state index contributed by atoms with van der Waals surface area (Å²) in [5.41, 5.74) is 2.36. The molecule has 1 aliphatic rings. The Morgan fingerprint density at radius 1 is 1.20 bits per heavy atom. The number of hydrogen-bond donors (Lipinski definition) is 1. The van der Waals surface area contributed by atoms with Crippen LogP contribution in [0.2, 0.25) is 5.02 Å². The SMILES string of the molecule is C=CC(=O)N1CCN(C(C)=O)[C@H](c2cc(Cl)cc(-c3cnnc(C(=O)NC)c3)c2)C1. The Hall–Kier alpha value is -3.26. The van der Waals surface area contributed by atoms with Gasteiger partial charge in [-0.1, -0.05) is 18.2 Å². The number of benzene rings is 1. The van der Waals surface area contributed by atoms with E-state index in [9.17, 15) is 14.4 Å². The summed E-state index contributed by atoms with van der Waals surface area (Å²) in [4.78, 5) is 39.6. The lowest BCUT2D eigenvalue weighted by Crippen LogP contribution is -2.51. The molecule has 2 heterocycles. The van der Waals surface area contributed by atoms with Gasteiger partial charge in [0.15, 0.2) is 5.69 Å². The first-order valence-electron chi connectivity index (χ1n) is 9.38. The standard InChI is InChI=1S/C21H22ClN5O3/c1-4-20(29)26-5-6-27(13(2)28)19(12-26)15-7-14(8-17(22)9-15)16-10-18(21(30)23-3)25-24-11-16/h4,7-11,19H,1,5-6,12H2,2-3H3,(H,23,30)/t19-/m0/s1. The van der Waals surface area contributed by atoms with Crippen LogP contribution in [0.1, 0.15) is 29.0 Å². The summed E-state index contributed by atoms with van der Waals surface area (Å²) in [6.45, 7) is 6.25. The zero-order valence-electron chi connectivity index (χ0n) is 16.8. The minimum Gasteiger partial charge on any atom is -0.354 e. The molecule has 0 radical (unpaired) electrons. The molecule has 1 fully saturated rings. The van der Waals surface area contributed by atoms with Crippen LogP contribution in [-0.4, -0.2) is 64.4 Å². The summed E-state index contributed by atoms with van der Waals surface area (Å²) in [5, 5.41) is 10.7. The van der Waals surface area contributed by atoms with E-state index in [-0.39, 0.29) is 29.5 Å². The van der Waals surface area contributed by atoms with Crippen LogP contribution in [0, 0.1) is 0 Å². The maximum absolute atomic E-state index is 12.2. The number of nitrogens with zero attached hydrogens (tertiary/aromatic N) is 4. The third kappa shape index (κ3) is 4.49. The third-order valence-electron chi connectivity index (χ3n) is 5.02. The second-order valence-electron chi connectivity index (χ2n) is 6.90. The number of carbonyl (C=O) groups is 3. The van der Waals surface area contributed by atoms with E-state index in [4.69, 9.17) is 11.6 Å². The summed E-state index contributed by atoms with van der Waals surface area (Å²) in [5.74, 6) is -0.612. The van der Waals surface area contributed by atoms with Crippen LogP contribution in [0.3, 0.4) is 0 Å². The van der Waals surface area contributed by atoms with Crippen molar-refractivity contribution in [1.29, 1.82) is 0 Å². The van der Waals surface area contributed by atoms with Crippen molar-refractivity contribution in [3.8, 4) is 11.1 Å². The number of piperazine rings is 1. The Kier molecular flexibility index (Phi) is 6.47. The summed E-state index contributed by atoms with van der Waals surface area (Å²) in [7, 11) is 1.52. The average Bonchev–Trinajstić information content (AvgIpc) is 2.77. The highest BCUT2D eigenvalue weighted by molar-refractivity contribution is 6.31. The molecular formula is C21H22ClN5O3. The van der Waals surface area contributed by atoms with Gasteiger partial charge < -0.3 is 15.1 Å². The van der Waals surface area contributed by atoms with Crippen molar-refractivity contribution >= 4 is 29.3 Å². The van der Waals surface area contributed by atoms with Gasteiger partial charge >= 0.3 is 0 Å². The van der Waals surface area contributed by atoms with Gasteiger partial charge in [0.25, 0.3) is 5.91 Å². The molecule has 3 amide bonds. The molecule has 1 atom stereocenters. The Morgan fingerprint density at radius 2 is 1.97 bits per heavy atom. The molecule has 8 nitrogen and oxygen atoms in total. The molecule has 0 saturated carbocycles. The number of hydrogen-bond acceptors (Lipinski definition) is 5. The molecule has 9 heteroatoms. The molecule has 3 rings (SSSR count). The zero-order chi connectivity index (χ0) is 21.8. The molecular weight excluding hydrogens is 406 g/mol. The first-order valence-corrected chi connectivity index (χ1v) is 9.76. The van der Waals surface area contributed by atoms with E-state index in [0.717, 1.165) is 11.1 Å². The highest BCUT2D eigenvalue weighted by Gasteiger charge is 2.31. The Bertz CT molecular complexity index is 1010. The van der Waals surface area contributed by atoms with Crippen molar-refractivity contribution in [3.05, 3.63) is 59.4 Å². The molecule has 1 aromatic carbocycles. The summed E-state index contributed by atoms with van der Waals surface area (Å²) >= 11 is 6.39. The lowest BCUT2D eigenvalue weighted by molar-refractivity contribution is -0.139. The quantitative estimate of drug-likeness (QED) is 0.753. The van der Waals surface area contributed by atoms with Gasteiger partial charge in [0.05, 0.1) is 12.2 Å². The summed E-state index contributed by atoms with van der Waals surface area (Å²) in [6.07, 6.45) is 2.81. The van der Waals surface area contributed by atoms with Gasteiger partial charge in [-0.3, -0.25) is 14.4 Å². The van der Waals surface area contributed by atoms with Crippen LogP contribution in [0.4, 0.5) is 0 Å². The van der Waals surface area contributed by atoms with Crippen LogP contribution >= 0.6 is 11.6 Å². The van der Waals surface area contributed by atoms with Gasteiger partial charge in [-0.25, -0.2) is 0 Å². The van der Waals surface area contributed by atoms with Crippen molar-refractivity contribution in [3.63, 3.8) is 0 Å². The fourth-order valence-corrected chi connectivity index (χ4v) is 3.75. The molecule has 0 bridgehead atoms. The molecule has 1 N–H and O–H groups in total. The van der Waals surface area contributed by atoms with Gasteiger partial charge in [0, 0.05) is 44.2 Å². The average molecular weight is 428 g/mol. The van der Waals surface area contributed by atoms with E-state index in [1.807, 2.05) is 6.07 Å². The van der Waals surface area contributed by atoms with Gasteiger partial charge in [-0.2, -0.15) is 5.10 Å². The largest absolute Gasteiger partial charge is 0.354 e. The van der Waals surface area contributed by atoms with Gasteiger partial charge in [0.1, 0.15) is 0 Å². The third-order valence-corrected chi connectivity index (χ3v) is 5.24. The minimum atomic E-state index is -0.356. The topological polar surface area (TPSA) is 95.5 Å². The van der Waals surface area contributed by atoms with E-state index in [2.05, 4.69) is 22.1 Å². The predicted octanol–water partition coefficient (Wildman–Crippen LogP) is 2.07. The summed E-state index contributed by atoms with van der Waals surface area (Å²) in [6, 6.07) is 6.69. The monoisotopic (exact) mass is 427 g/mol. The fraction of sp³-hybridized carbons (Fsp3) is 0.286. The fourth-order valence-electron chi connectivity index (χ4n) is 3.51. The second kappa shape index (κ2) is 9.04. The molecule has 0 aliphatic carbocycles. The molecule has 0 spiro atoms. The molecule has 1 aromatic heterocycles. The molecule has 30 heavy (non-hydrogen) atoms. The Morgan fingerprint density at radius 3 is 2.63 bits per heavy atom. The number of nitrogens with one attached hydrogen (secondary N) is 1. The van der Waals surface area contributed by atoms with Crippen LogP contribution in [0.5, 0.6) is 0 Å². The van der Waals surface area contributed by atoms with Gasteiger partial charge in [-0.05, 0) is 41.5 Å². The highest BCUT2D eigenvalue weighted by Crippen LogP contribution is 2.32. The Labute approximate surface area is 179 Å². The normalized spacial score (nSPS) is 16.2. The van der Waals surface area contributed by atoms with E-state index in [1.165, 1.54) is 20.0 Å². The van der Waals surface area contributed by atoms with E-state index >= 15 is 0 Å². The van der Waals surface area contributed by atoms with Crippen LogP contribution in [0.15, 0.2) is 43.1 Å². The summed E-state index contributed by atoms with van der Waals surface area (Å²) < 4.78 is 0. The molecule has 1 saturated heterocycles. The smallest absolute Gasteiger partial charge is 0.271 e. The highest BCUT2D eigenvalue weighted by atomic mass is 35.5. The van der Waals surface area contributed by atoms with Crippen LogP contribution < -0.4 is 5.32 Å². The van der Waals surface area contributed by atoms with Crippen molar-refractivity contribution in [1.82, 2.24) is 25.3 Å². The molecule has 2 aromatic rings. The van der Waals surface area contributed by atoms with Crippen LogP contribution in [-0.2, 0) is 9.59 Å². The van der Waals surface area contributed by atoms with Gasteiger partial charge in [-0.15, -0.1) is 5.10 Å². The number of rotatable bonds is 4. The first kappa shape index (κ1) is 21.4. The number of halogens is 1. The van der Waals surface area contributed by atoms with Crippen molar-refractivity contribution in [2.75, 3.05) is 26.7 Å². The maximum atomic E-state index is 12.2. The van der Waals surface area contributed by atoms with Crippen LogP contribution in [0.25, 0.3) is 11.1 Å². The van der Waals surface area contributed by atoms with E-state index in [1.54, 1.807) is 34.2 Å². The zero-order valence-corrected chi connectivity index (χ0v) is 17.5. The number of amides is 3. The van der Waals surface area contributed by atoms with E-state index in [0.29, 0.717) is 30.2 Å². The van der Waals surface area contributed by atoms with Crippen molar-refractivity contribution < 1.29 is 14.4 Å². The maximum Gasteiger partial charge on any atom is 0.271 e. The lowest BCUT2D eigenvalue weighted by atomic mass is 9.97.